The van der Waals surface area contributed by atoms with Crippen molar-refractivity contribution in [3.8, 4) is 0 Å². The van der Waals surface area contributed by atoms with E-state index < -0.39 is 5.91 Å². The molecule has 0 aliphatic carbocycles. The lowest BCUT2D eigenvalue weighted by atomic mass is 10.1. The molecule has 1 aliphatic rings. The van der Waals surface area contributed by atoms with Crippen LogP contribution in [0.1, 0.15) is 27.6 Å². The second kappa shape index (κ2) is 5.52. The summed E-state index contributed by atoms with van der Waals surface area (Å²) in [5.74, 6) is -0.396. The average molecular weight is 295 g/mol. The van der Waals surface area contributed by atoms with Gasteiger partial charge >= 0.3 is 0 Å². The van der Waals surface area contributed by atoms with Gasteiger partial charge in [0.1, 0.15) is 0 Å². The van der Waals surface area contributed by atoms with Crippen LogP contribution in [-0.2, 0) is 0 Å². The topological polar surface area (TPSA) is 75.2 Å². The number of amides is 2. The highest BCUT2D eigenvalue weighted by Gasteiger charge is 2.34. The molecule has 112 valence electrons. The number of anilines is 2. The molecule has 1 saturated heterocycles. The van der Waals surface area contributed by atoms with Crippen LogP contribution in [0.15, 0.2) is 48.5 Å². The van der Waals surface area contributed by atoms with Crippen molar-refractivity contribution in [1.82, 2.24) is 4.90 Å². The number of rotatable bonds is 4. The maximum absolute atomic E-state index is 12.2. The monoisotopic (exact) mass is 295 g/mol. The Morgan fingerprint density at radius 1 is 1.09 bits per heavy atom. The van der Waals surface area contributed by atoms with Crippen molar-refractivity contribution in [2.45, 2.75) is 13.0 Å². The number of carbonyl (C=O) groups excluding carboxylic acids is 2. The summed E-state index contributed by atoms with van der Waals surface area (Å²) >= 11 is 0. The summed E-state index contributed by atoms with van der Waals surface area (Å²) in [6.45, 7) is 2.85. The van der Waals surface area contributed by atoms with Crippen molar-refractivity contribution in [3.63, 3.8) is 0 Å². The summed E-state index contributed by atoms with van der Waals surface area (Å²) in [5.41, 5.74) is 8.00. The summed E-state index contributed by atoms with van der Waals surface area (Å²) in [4.78, 5) is 25.1. The summed E-state index contributed by atoms with van der Waals surface area (Å²) in [6.07, 6.45) is 0. The molecule has 3 rings (SSSR count). The number of nitrogens with two attached hydrogens (primary N) is 1. The minimum Gasteiger partial charge on any atom is -0.366 e. The van der Waals surface area contributed by atoms with E-state index in [1.165, 1.54) is 0 Å². The van der Waals surface area contributed by atoms with Gasteiger partial charge in [-0.3, -0.25) is 9.59 Å². The number of primary amides is 1. The summed E-state index contributed by atoms with van der Waals surface area (Å²) < 4.78 is 0. The zero-order valence-corrected chi connectivity index (χ0v) is 12.2. The van der Waals surface area contributed by atoms with E-state index in [1.807, 2.05) is 36.1 Å². The van der Waals surface area contributed by atoms with E-state index in [0.717, 1.165) is 17.9 Å². The van der Waals surface area contributed by atoms with E-state index in [4.69, 9.17) is 5.73 Å². The molecule has 5 heteroatoms. The zero-order valence-electron chi connectivity index (χ0n) is 12.2. The molecule has 2 amide bonds. The van der Waals surface area contributed by atoms with Crippen molar-refractivity contribution >= 4 is 23.2 Å². The molecule has 0 spiro atoms. The number of hydrogen-bond acceptors (Lipinski definition) is 3. The van der Waals surface area contributed by atoms with Gasteiger partial charge in [-0.1, -0.05) is 6.07 Å². The van der Waals surface area contributed by atoms with E-state index in [0.29, 0.717) is 17.2 Å². The molecule has 0 radical (unpaired) electrons. The maximum atomic E-state index is 12.2. The van der Waals surface area contributed by atoms with Crippen molar-refractivity contribution in [1.29, 1.82) is 0 Å². The van der Waals surface area contributed by atoms with Gasteiger partial charge in [0.25, 0.3) is 5.91 Å². The number of carbonyl (C=O) groups is 2. The Bertz CT molecular complexity index is 725. The van der Waals surface area contributed by atoms with E-state index in [-0.39, 0.29) is 5.91 Å². The molecule has 22 heavy (non-hydrogen) atoms. The molecule has 0 aromatic heterocycles. The third-order valence-electron chi connectivity index (χ3n) is 3.69. The van der Waals surface area contributed by atoms with Crippen LogP contribution in [0, 0.1) is 0 Å². The predicted molar refractivity (Wildman–Crippen MR) is 85.2 cm³/mol. The Morgan fingerprint density at radius 2 is 1.77 bits per heavy atom. The van der Waals surface area contributed by atoms with Gasteiger partial charge in [0, 0.05) is 35.1 Å². The van der Waals surface area contributed by atoms with Crippen molar-refractivity contribution in [3.05, 3.63) is 59.7 Å². The smallest absolute Gasteiger partial charge is 0.254 e. The lowest BCUT2D eigenvalue weighted by molar-refractivity contribution is 0.0876. The SMILES string of the molecule is CC1CN1C(=O)c1cccc(Nc2ccc(C(N)=O)cc2)c1. The van der Waals surface area contributed by atoms with Crippen LogP contribution in [-0.4, -0.2) is 29.3 Å². The molecule has 1 aliphatic heterocycles. The lowest BCUT2D eigenvalue weighted by Gasteiger charge is -2.09. The summed E-state index contributed by atoms with van der Waals surface area (Å²) in [7, 11) is 0. The third kappa shape index (κ3) is 2.93. The van der Waals surface area contributed by atoms with E-state index in [1.54, 1.807) is 24.3 Å². The first-order valence-electron chi connectivity index (χ1n) is 7.12. The van der Waals surface area contributed by atoms with E-state index in [9.17, 15) is 9.59 Å². The first kappa shape index (κ1) is 14.1. The molecule has 5 nitrogen and oxygen atoms in total. The van der Waals surface area contributed by atoms with Gasteiger partial charge < -0.3 is 16.0 Å². The van der Waals surface area contributed by atoms with E-state index in [2.05, 4.69) is 5.32 Å². The van der Waals surface area contributed by atoms with Gasteiger partial charge in [-0.15, -0.1) is 0 Å². The van der Waals surface area contributed by atoms with Gasteiger partial charge in [0.2, 0.25) is 5.91 Å². The van der Waals surface area contributed by atoms with Crippen molar-refractivity contribution in [2.24, 2.45) is 5.73 Å². The average Bonchev–Trinajstić information content (AvgIpc) is 3.24. The van der Waals surface area contributed by atoms with Gasteiger partial charge in [-0.2, -0.15) is 0 Å². The fourth-order valence-corrected chi connectivity index (χ4v) is 2.30. The van der Waals surface area contributed by atoms with Gasteiger partial charge in [-0.05, 0) is 49.4 Å². The molecule has 0 bridgehead atoms. The fraction of sp³-hybridized carbons (Fsp3) is 0.176. The predicted octanol–water partition coefficient (Wildman–Crippen LogP) is 2.37. The first-order valence-corrected chi connectivity index (χ1v) is 7.12. The highest BCUT2D eigenvalue weighted by Crippen LogP contribution is 2.23. The quantitative estimate of drug-likeness (QED) is 0.850. The molecular weight excluding hydrogens is 278 g/mol. The van der Waals surface area contributed by atoms with Crippen LogP contribution < -0.4 is 11.1 Å². The largest absolute Gasteiger partial charge is 0.366 e. The second-order valence-corrected chi connectivity index (χ2v) is 5.45. The molecule has 0 saturated carbocycles. The summed E-state index contributed by atoms with van der Waals surface area (Å²) in [5, 5.41) is 3.21. The van der Waals surface area contributed by atoms with Crippen LogP contribution in [0.4, 0.5) is 11.4 Å². The van der Waals surface area contributed by atoms with Crippen LogP contribution in [0.3, 0.4) is 0 Å². The molecular formula is C17H17N3O2. The van der Waals surface area contributed by atoms with Gasteiger partial charge in [-0.25, -0.2) is 0 Å². The van der Waals surface area contributed by atoms with Gasteiger partial charge in [0.05, 0.1) is 0 Å². The van der Waals surface area contributed by atoms with Crippen LogP contribution in [0.25, 0.3) is 0 Å². The molecule has 2 aromatic rings. The van der Waals surface area contributed by atoms with E-state index >= 15 is 0 Å². The maximum Gasteiger partial charge on any atom is 0.254 e. The molecule has 1 atom stereocenters. The van der Waals surface area contributed by atoms with Crippen molar-refractivity contribution in [2.75, 3.05) is 11.9 Å². The zero-order chi connectivity index (χ0) is 15.7. The Hall–Kier alpha value is -2.82. The Kier molecular flexibility index (Phi) is 3.55. The normalized spacial score (nSPS) is 16.2. The lowest BCUT2D eigenvalue weighted by Crippen LogP contribution is -2.12. The second-order valence-electron chi connectivity index (χ2n) is 5.45. The van der Waals surface area contributed by atoms with Crippen LogP contribution >= 0.6 is 0 Å². The minimum atomic E-state index is -0.452. The number of hydrogen-bond donors (Lipinski definition) is 2. The number of benzene rings is 2. The molecule has 3 N–H and O–H groups in total. The summed E-state index contributed by atoms with van der Waals surface area (Å²) in [6, 6.07) is 14.6. The van der Waals surface area contributed by atoms with Gasteiger partial charge in [0.15, 0.2) is 0 Å². The van der Waals surface area contributed by atoms with Crippen LogP contribution in [0.2, 0.25) is 0 Å². The Balaban J connectivity index is 1.75. The minimum absolute atomic E-state index is 0.0558. The highest BCUT2D eigenvalue weighted by molar-refractivity contribution is 5.97. The Labute approximate surface area is 128 Å². The third-order valence-corrected chi connectivity index (χ3v) is 3.69. The molecule has 1 unspecified atom stereocenters. The Morgan fingerprint density at radius 3 is 2.36 bits per heavy atom. The molecule has 1 fully saturated rings. The number of nitrogens with one attached hydrogen (secondary N) is 1. The molecule has 2 aromatic carbocycles. The fourth-order valence-electron chi connectivity index (χ4n) is 2.30. The number of nitrogens with zero attached hydrogens (tertiary/aromatic N) is 1. The van der Waals surface area contributed by atoms with Crippen LogP contribution in [0.5, 0.6) is 0 Å². The standard InChI is InChI=1S/C17H17N3O2/c1-11-10-20(11)17(22)13-3-2-4-15(9-13)19-14-7-5-12(6-8-14)16(18)21/h2-9,11,19H,10H2,1H3,(H2,18,21). The first-order chi connectivity index (χ1) is 10.5. The molecule has 1 heterocycles. The van der Waals surface area contributed by atoms with Crippen molar-refractivity contribution < 1.29 is 9.59 Å². The highest BCUT2D eigenvalue weighted by atomic mass is 16.2.